The van der Waals surface area contributed by atoms with E-state index >= 15 is 0 Å². The zero-order chi connectivity index (χ0) is 13.7. The Morgan fingerprint density at radius 2 is 2.11 bits per heavy atom. The Labute approximate surface area is 114 Å². The molecule has 1 aliphatic carbocycles. The van der Waals surface area contributed by atoms with Crippen molar-refractivity contribution in [3.8, 4) is 0 Å². The van der Waals surface area contributed by atoms with E-state index < -0.39 is 0 Å². The van der Waals surface area contributed by atoms with E-state index in [4.69, 9.17) is 10.7 Å². The summed E-state index contributed by atoms with van der Waals surface area (Å²) in [6.07, 6.45) is 7.24. The molecule has 0 unspecified atom stereocenters. The van der Waals surface area contributed by atoms with Crippen LogP contribution in [0.5, 0.6) is 0 Å². The van der Waals surface area contributed by atoms with Crippen molar-refractivity contribution in [2.24, 2.45) is 5.73 Å². The van der Waals surface area contributed by atoms with Gasteiger partial charge in [0.1, 0.15) is 11.3 Å². The van der Waals surface area contributed by atoms with Crippen molar-refractivity contribution >= 4 is 11.0 Å². The standard InChI is InChI=1S/C15H22N4/c1-14(2,3)19-12-5-8-17-9-11(12)18-13(19)15(10-16)6-4-7-15/h5,8-9H,4,6-7,10,16H2,1-3H3. The molecule has 102 valence electrons. The number of pyridine rings is 1. The molecule has 2 N–H and O–H groups in total. The van der Waals surface area contributed by atoms with E-state index in [-0.39, 0.29) is 11.0 Å². The van der Waals surface area contributed by atoms with Gasteiger partial charge in [-0.1, -0.05) is 6.42 Å². The Kier molecular flexibility index (Phi) is 2.68. The summed E-state index contributed by atoms with van der Waals surface area (Å²) in [5, 5.41) is 0. The number of imidazole rings is 1. The van der Waals surface area contributed by atoms with Crippen LogP contribution in [0.25, 0.3) is 11.0 Å². The fraction of sp³-hybridized carbons (Fsp3) is 0.600. The summed E-state index contributed by atoms with van der Waals surface area (Å²) in [6, 6.07) is 2.06. The fourth-order valence-corrected chi connectivity index (χ4v) is 3.09. The van der Waals surface area contributed by atoms with Gasteiger partial charge in [0.25, 0.3) is 0 Å². The number of aromatic nitrogens is 3. The van der Waals surface area contributed by atoms with Crippen LogP contribution in [-0.4, -0.2) is 21.1 Å². The lowest BCUT2D eigenvalue weighted by molar-refractivity contribution is 0.216. The molecule has 0 radical (unpaired) electrons. The lowest BCUT2D eigenvalue weighted by Gasteiger charge is -2.42. The lowest BCUT2D eigenvalue weighted by Crippen LogP contribution is -2.45. The summed E-state index contributed by atoms with van der Waals surface area (Å²) in [6.45, 7) is 7.35. The number of fused-ring (bicyclic) bond motifs is 1. The van der Waals surface area contributed by atoms with E-state index in [1.165, 1.54) is 6.42 Å². The first-order valence-electron chi connectivity index (χ1n) is 7.01. The van der Waals surface area contributed by atoms with Crippen molar-refractivity contribution in [2.75, 3.05) is 6.54 Å². The number of hydrogen-bond acceptors (Lipinski definition) is 3. The maximum atomic E-state index is 6.07. The van der Waals surface area contributed by atoms with Crippen LogP contribution < -0.4 is 5.73 Å². The molecule has 0 saturated heterocycles. The number of hydrogen-bond donors (Lipinski definition) is 1. The third-order valence-corrected chi connectivity index (χ3v) is 4.30. The highest BCUT2D eigenvalue weighted by Gasteiger charge is 2.43. The van der Waals surface area contributed by atoms with Crippen LogP contribution in [-0.2, 0) is 11.0 Å². The maximum absolute atomic E-state index is 6.07. The molecule has 0 atom stereocenters. The predicted molar refractivity (Wildman–Crippen MR) is 77.1 cm³/mol. The average Bonchev–Trinajstić information content (AvgIpc) is 2.67. The van der Waals surface area contributed by atoms with Crippen molar-refractivity contribution in [3.05, 3.63) is 24.3 Å². The second-order valence-electron chi connectivity index (χ2n) is 6.64. The summed E-state index contributed by atoms with van der Waals surface area (Å²) in [7, 11) is 0. The van der Waals surface area contributed by atoms with E-state index in [9.17, 15) is 0 Å². The van der Waals surface area contributed by atoms with Gasteiger partial charge in [0.05, 0.1) is 11.7 Å². The molecular formula is C15H22N4. The average molecular weight is 258 g/mol. The summed E-state index contributed by atoms with van der Waals surface area (Å²) in [5.74, 6) is 1.15. The van der Waals surface area contributed by atoms with Gasteiger partial charge in [0.15, 0.2) is 0 Å². The molecule has 4 nitrogen and oxygen atoms in total. The van der Waals surface area contributed by atoms with Crippen molar-refractivity contribution in [2.45, 2.75) is 51.0 Å². The summed E-state index contributed by atoms with van der Waals surface area (Å²) >= 11 is 0. The predicted octanol–water partition coefficient (Wildman–Crippen LogP) is 2.57. The highest BCUT2D eigenvalue weighted by atomic mass is 15.2. The fourth-order valence-electron chi connectivity index (χ4n) is 3.09. The van der Waals surface area contributed by atoms with Gasteiger partial charge in [-0.05, 0) is 39.7 Å². The zero-order valence-electron chi connectivity index (χ0n) is 12.0. The van der Waals surface area contributed by atoms with Crippen LogP contribution in [0.1, 0.15) is 45.9 Å². The minimum Gasteiger partial charge on any atom is -0.329 e. The summed E-state index contributed by atoms with van der Waals surface area (Å²) < 4.78 is 2.36. The molecule has 4 heteroatoms. The molecule has 2 aromatic heterocycles. The molecule has 2 aromatic rings. The maximum Gasteiger partial charge on any atom is 0.117 e. The first-order valence-corrected chi connectivity index (χ1v) is 7.01. The van der Waals surface area contributed by atoms with Crippen LogP contribution in [0.2, 0.25) is 0 Å². The van der Waals surface area contributed by atoms with Crippen LogP contribution in [0.4, 0.5) is 0 Å². The first-order chi connectivity index (χ1) is 8.98. The number of nitrogens with zero attached hydrogens (tertiary/aromatic N) is 3. The van der Waals surface area contributed by atoms with Crippen LogP contribution >= 0.6 is 0 Å². The quantitative estimate of drug-likeness (QED) is 0.900. The Morgan fingerprint density at radius 1 is 1.37 bits per heavy atom. The Bertz CT molecular complexity index is 597. The molecule has 1 saturated carbocycles. The van der Waals surface area contributed by atoms with E-state index in [1.807, 2.05) is 12.4 Å². The molecule has 0 amide bonds. The molecule has 0 aliphatic heterocycles. The van der Waals surface area contributed by atoms with Gasteiger partial charge in [0, 0.05) is 23.7 Å². The Balaban J connectivity index is 2.29. The topological polar surface area (TPSA) is 56.7 Å². The van der Waals surface area contributed by atoms with Gasteiger partial charge < -0.3 is 10.3 Å². The Hall–Kier alpha value is -1.42. The van der Waals surface area contributed by atoms with E-state index in [1.54, 1.807) is 0 Å². The zero-order valence-corrected chi connectivity index (χ0v) is 12.0. The SMILES string of the molecule is CC(C)(C)n1c(C2(CN)CCC2)nc2cnccc21. The van der Waals surface area contributed by atoms with Gasteiger partial charge >= 0.3 is 0 Å². The summed E-state index contributed by atoms with van der Waals surface area (Å²) in [5.41, 5.74) is 8.29. The molecule has 0 aromatic carbocycles. The van der Waals surface area contributed by atoms with Gasteiger partial charge in [-0.2, -0.15) is 0 Å². The van der Waals surface area contributed by atoms with Crippen LogP contribution in [0.3, 0.4) is 0 Å². The molecule has 2 heterocycles. The van der Waals surface area contributed by atoms with Crippen LogP contribution in [0, 0.1) is 0 Å². The van der Waals surface area contributed by atoms with Crippen molar-refractivity contribution in [1.29, 1.82) is 0 Å². The van der Waals surface area contributed by atoms with E-state index in [2.05, 4.69) is 36.4 Å². The molecular weight excluding hydrogens is 236 g/mol. The van der Waals surface area contributed by atoms with Crippen molar-refractivity contribution in [1.82, 2.24) is 14.5 Å². The monoisotopic (exact) mass is 258 g/mol. The number of rotatable bonds is 2. The largest absolute Gasteiger partial charge is 0.329 e. The first kappa shape index (κ1) is 12.6. The third kappa shape index (κ3) is 1.77. The third-order valence-electron chi connectivity index (χ3n) is 4.30. The Morgan fingerprint density at radius 3 is 2.63 bits per heavy atom. The van der Waals surface area contributed by atoms with Crippen molar-refractivity contribution < 1.29 is 0 Å². The van der Waals surface area contributed by atoms with Gasteiger partial charge in [-0.3, -0.25) is 4.98 Å². The molecule has 0 bridgehead atoms. The molecule has 0 spiro atoms. The summed E-state index contributed by atoms with van der Waals surface area (Å²) in [4.78, 5) is 9.06. The minimum absolute atomic E-state index is 0.00317. The van der Waals surface area contributed by atoms with E-state index in [0.717, 1.165) is 29.7 Å². The highest BCUT2D eigenvalue weighted by molar-refractivity contribution is 5.75. The minimum atomic E-state index is 0.00317. The van der Waals surface area contributed by atoms with Crippen LogP contribution in [0.15, 0.2) is 18.5 Å². The van der Waals surface area contributed by atoms with Crippen molar-refractivity contribution in [3.63, 3.8) is 0 Å². The smallest absolute Gasteiger partial charge is 0.117 e. The highest BCUT2D eigenvalue weighted by Crippen LogP contribution is 2.44. The second-order valence-corrected chi connectivity index (χ2v) is 6.64. The normalized spacial score (nSPS) is 18.5. The molecule has 3 rings (SSSR count). The lowest BCUT2D eigenvalue weighted by atomic mass is 9.68. The number of nitrogens with two attached hydrogens (primary N) is 1. The van der Waals surface area contributed by atoms with Gasteiger partial charge in [0.2, 0.25) is 0 Å². The molecule has 1 fully saturated rings. The molecule has 19 heavy (non-hydrogen) atoms. The second kappa shape index (κ2) is 4.04. The van der Waals surface area contributed by atoms with Gasteiger partial charge in [-0.15, -0.1) is 0 Å². The van der Waals surface area contributed by atoms with Gasteiger partial charge in [-0.25, -0.2) is 4.98 Å². The van der Waals surface area contributed by atoms with E-state index in [0.29, 0.717) is 6.54 Å². The molecule has 1 aliphatic rings.